The summed E-state index contributed by atoms with van der Waals surface area (Å²) in [5.41, 5.74) is 0. The molecule has 1 rings (SSSR count). The van der Waals surface area contributed by atoms with E-state index in [0.717, 1.165) is 19.1 Å². The van der Waals surface area contributed by atoms with Gasteiger partial charge in [0.05, 0.1) is 17.8 Å². The van der Waals surface area contributed by atoms with Crippen molar-refractivity contribution in [2.45, 2.75) is 38.6 Å². The van der Waals surface area contributed by atoms with E-state index < -0.39 is 19.9 Å². The van der Waals surface area contributed by atoms with Gasteiger partial charge in [0.15, 0.2) is 9.84 Å². The van der Waals surface area contributed by atoms with Crippen LogP contribution in [0, 0.1) is 0 Å². The number of hydrogen-bond acceptors (Lipinski definition) is 5. The molecule has 7 nitrogen and oxygen atoms in total. The first-order valence-electron chi connectivity index (χ1n) is 7.48. The summed E-state index contributed by atoms with van der Waals surface area (Å²) in [5.74, 6) is -0.102. The fourth-order valence-corrected chi connectivity index (χ4v) is 5.12. The van der Waals surface area contributed by atoms with Gasteiger partial charge >= 0.3 is 0 Å². The third-order valence-corrected chi connectivity index (χ3v) is 7.01. The van der Waals surface area contributed by atoms with E-state index in [2.05, 4.69) is 0 Å². The number of nitrogens with zero attached hydrogens (tertiary/aromatic N) is 2. The van der Waals surface area contributed by atoms with Crippen molar-refractivity contribution in [3.8, 4) is 0 Å². The quantitative estimate of drug-likeness (QED) is 0.616. The number of amides is 1. The number of sulfone groups is 1. The molecular weight excluding hydrogens is 328 g/mol. The van der Waals surface area contributed by atoms with Crippen molar-refractivity contribution in [1.29, 1.82) is 0 Å². The molecule has 0 bridgehead atoms. The molecule has 9 heteroatoms. The van der Waals surface area contributed by atoms with Gasteiger partial charge in [0.1, 0.15) is 0 Å². The largest absolute Gasteiger partial charge is 0.342 e. The third kappa shape index (κ3) is 5.85. The molecule has 0 aliphatic carbocycles. The van der Waals surface area contributed by atoms with Crippen LogP contribution in [-0.4, -0.2) is 75.9 Å². The molecule has 1 unspecified atom stereocenters. The summed E-state index contributed by atoms with van der Waals surface area (Å²) in [6, 6.07) is -0.292. The van der Waals surface area contributed by atoms with Crippen molar-refractivity contribution in [2.24, 2.45) is 0 Å². The second-order valence-corrected chi connectivity index (χ2v) is 10.0. The van der Waals surface area contributed by atoms with E-state index in [1.165, 1.54) is 9.21 Å². The minimum absolute atomic E-state index is 0.000859. The summed E-state index contributed by atoms with van der Waals surface area (Å²) < 4.78 is 47.6. The maximum absolute atomic E-state index is 12.2. The van der Waals surface area contributed by atoms with E-state index in [0.29, 0.717) is 13.0 Å². The third-order valence-electron chi connectivity index (χ3n) is 3.95. The van der Waals surface area contributed by atoms with Crippen molar-refractivity contribution in [3.05, 3.63) is 0 Å². The van der Waals surface area contributed by atoms with E-state index >= 15 is 0 Å². The first-order chi connectivity index (χ1) is 10.1. The molecular formula is C13H26N2O5S2. The van der Waals surface area contributed by atoms with Crippen molar-refractivity contribution < 1.29 is 21.6 Å². The molecule has 1 atom stereocenters. The average Bonchev–Trinajstić information content (AvgIpc) is 2.76. The molecule has 1 amide bonds. The summed E-state index contributed by atoms with van der Waals surface area (Å²) in [7, 11) is -4.78. The molecule has 0 aromatic carbocycles. The van der Waals surface area contributed by atoms with E-state index in [4.69, 9.17) is 0 Å². The van der Waals surface area contributed by atoms with Gasteiger partial charge in [-0.3, -0.25) is 4.79 Å². The highest BCUT2D eigenvalue weighted by Crippen LogP contribution is 2.17. The Morgan fingerprint density at radius 2 is 1.91 bits per heavy atom. The summed E-state index contributed by atoms with van der Waals surface area (Å²) in [5, 5.41) is 0. The number of rotatable bonds is 8. The molecule has 1 aliphatic heterocycles. The second-order valence-electron chi connectivity index (χ2n) is 5.83. The minimum atomic E-state index is -3.33. The molecule has 0 spiro atoms. The van der Waals surface area contributed by atoms with Crippen LogP contribution in [0.5, 0.6) is 0 Å². The molecule has 1 fully saturated rings. The summed E-state index contributed by atoms with van der Waals surface area (Å²) >= 11 is 0. The Labute approximate surface area is 133 Å². The van der Waals surface area contributed by atoms with Gasteiger partial charge in [-0.15, -0.1) is 0 Å². The number of unbranched alkanes of at least 4 members (excludes halogenated alkanes) is 1. The standard InChI is InChI=1S/C13H26N2O5S2/c1-4-5-8-15(21(3,17)18)9-6-13(16)14(2)12-7-10-22(19,20)11-12/h12H,4-11H2,1-3H3. The number of sulfonamides is 1. The van der Waals surface area contributed by atoms with Gasteiger partial charge in [0.25, 0.3) is 0 Å². The van der Waals surface area contributed by atoms with Crippen molar-refractivity contribution in [1.82, 2.24) is 9.21 Å². The molecule has 1 saturated heterocycles. The lowest BCUT2D eigenvalue weighted by Gasteiger charge is -2.25. The highest BCUT2D eigenvalue weighted by atomic mass is 32.2. The zero-order valence-electron chi connectivity index (χ0n) is 13.5. The first kappa shape index (κ1) is 19.4. The molecule has 130 valence electrons. The predicted octanol–water partition coefficient (Wildman–Crippen LogP) is 0.0837. The molecule has 0 aromatic heterocycles. The molecule has 0 N–H and O–H groups in total. The molecule has 22 heavy (non-hydrogen) atoms. The van der Waals surface area contributed by atoms with Crippen LogP contribution in [0.3, 0.4) is 0 Å². The van der Waals surface area contributed by atoms with Crippen molar-refractivity contribution >= 4 is 25.8 Å². The highest BCUT2D eigenvalue weighted by molar-refractivity contribution is 7.91. The summed E-state index contributed by atoms with van der Waals surface area (Å²) in [6.07, 6.45) is 3.29. The lowest BCUT2D eigenvalue weighted by Crippen LogP contribution is -2.40. The second kappa shape index (κ2) is 7.74. The Morgan fingerprint density at radius 1 is 1.27 bits per heavy atom. The van der Waals surface area contributed by atoms with E-state index in [1.54, 1.807) is 7.05 Å². The molecule has 1 aliphatic rings. The van der Waals surface area contributed by atoms with Crippen LogP contribution in [0.4, 0.5) is 0 Å². The molecule has 0 aromatic rings. The zero-order chi connectivity index (χ0) is 17.0. The Hall–Kier alpha value is -0.670. The van der Waals surface area contributed by atoms with Crippen LogP contribution in [0.1, 0.15) is 32.6 Å². The number of hydrogen-bond donors (Lipinski definition) is 0. The topological polar surface area (TPSA) is 91.8 Å². The fraction of sp³-hybridized carbons (Fsp3) is 0.923. The number of carbonyl (C=O) groups is 1. The normalized spacial score (nSPS) is 21.2. The van der Waals surface area contributed by atoms with Crippen LogP contribution in [0.15, 0.2) is 0 Å². The van der Waals surface area contributed by atoms with Crippen LogP contribution >= 0.6 is 0 Å². The maximum atomic E-state index is 12.2. The predicted molar refractivity (Wildman–Crippen MR) is 85.8 cm³/mol. The Balaban J connectivity index is 2.56. The monoisotopic (exact) mass is 354 g/mol. The van der Waals surface area contributed by atoms with Gasteiger partial charge in [0, 0.05) is 32.6 Å². The van der Waals surface area contributed by atoms with Gasteiger partial charge in [-0.05, 0) is 12.8 Å². The van der Waals surface area contributed by atoms with Crippen molar-refractivity contribution in [2.75, 3.05) is 37.9 Å². The molecule has 1 heterocycles. The van der Waals surface area contributed by atoms with Gasteiger partial charge in [-0.1, -0.05) is 13.3 Å². The lowest BCUT2D eigenvalue weighted by atomic mass is 10.2. The van der Waals surface area contributed by atoms with Gasteiger partial charge in [-0.2, -0.15) is 0 Å². The molecule has 0 radical (unpaired) electrons. The summed E-state index contributed by atoms with van der Waals surface area (Å²) in [4.78, 5) is 13.6. The number of carbonyl (C=O) groups excluding carboxylic acids is 1. The lowest BCUT2D eigenvalue weighted by molar-refractivity contribution is -0.131. The average molecular weight is 354 g/mol. The Bertz CT molecular complexity index is 586. The van der Waals surface area contributed by atoms with E-state index in [1.807, 2.05) is 6.92 Å². The van der Waals surface area contributed by atoms with Crippen LogP contribution in [-0.2, 0) is 24.7 Å². The van der Waals surface area contributed by atoms with Gasteiger partial charge in [-0.25, -0.2) is 21.1 Å². The Morgan fingerprint density at radius 3 is 2.36 bits per heavy atom. The fourth-order valence-electron chi connectivity index (χ4n) is 2.46. The minimum Gasteiger partial charge on any atom is -0.342 e. The van der Waals surface area contributed by atoms with Crippen molar-refractivity contribution in [3.63, 3.8) is 0 Å². The van der Waals surface area contributed by atoms with Gasteiger partial charge < -0.3 is 4.90 Å². The molecule has 0 saturated carbocycles. The highest BCUT2D eigenvalue weighted by Gasteiger charge is 2.32. The maximum Gasteiger partial charge on any atom is 0.223 e. The van der Waals surface area contributed by atoms with Gasteiger partial charge in [0.2, 0.25) is 15.9 Å². The van der Waals surface area contributed by atoms with Crippen LogP contribution in [0.25, 0.3) is 0 Å². The SMILES string of the molecule is CCCCN(CCC(=O)N(C)C1CCS(=O)(=O)C1)S(C)(=O)=O. The van der Waals surface area contributed by atoms with E-state index in [-0.39, 0.29) is 36.4 Å². The van der Waals surface area contributed by atoms with Crippen LogP contribution < -0.4 is 0 Å². The van der Waals surface area contributed by atoms with Crippen LogP contribution in [0.2, 0.25) is 0 Å². The summed E-state index contributed by atoms with van der Waals surface area (Å²) in [6.45, 7) is 2.52. The smallest absolute Gasteiger partial charge is 0.223 e. The Kier molecular flexibility index (Phi) is 6.82. The zero-order valence-corrected chi connectivity index (χ0v) is 15.1. The first-order valence-corrected chi connectivity index (χ1v) is 11.1. The van der Waals surface area contributed by atoms with E-state index in [9.17, 15) is 21.6 Å².